The van der Waals surface area contributed by atoms with E-state index in [1.54, 1.807) is 6.08 Å². The summed E-state index contributed by atoms with van der Waals surface area (Å²) in [5.41, 5.74) is 1.38. The van der Waals surface area contributed by atoms with Crippen molar-refractivity contribution in [1.29, 1.82) is 0 Å². The second-order valence-corrected chi connectivity index (χ2v) is 6.54. The lowest BCUT2D eigenvalue weighted by Gasteiger charge is -2.34. The van der Waals surface area contributed by atoms with Gasteiger partial charge in [0.15, 0.2) is 0 Å². The third kappa shape index (κ3) is 2.07. The number of hydrogen-bond acceptors (Lipinski definition) is 2. The lowest BCUT2D eigenvalue weighted by molar-refractivity contribution is -0.0395. The molecule has 0 saturated heterocycles. The first-order valence-electron chi connectivity index (χ1n) is 7.49. The first-order chi connectivity index (χ1) is 9.53. The minimum Gasteiger partial charge on any atom is -0.455 e. The molecule has 2 saturated carbocycles. The van der Waals surface area contributed by atoms with Crippen LogP contribution in [0.5, 0.6) is 0 Å². The summed E-state index contributed by atoms with van der Waals surface area (Å²) in [6, 6.07) is 7.43. The molecular weight excluding hydrogens is 248 g/mol. The SMILES string of the molecule is C=Cc1ccc(C(=O)OC2(C)CC3CCC2[C@@H]3C)cc1. The Morgan fingerprint density at radius 2 is 2.05 bits per heavy atom. The zero-order valence-electron chi connectivity index (χ0n) is 12.3. The summed E-state index contributed by atoms with van der Waals surface area (Å²) < 4.78 is 5.90. The topological polar surface area (TPSA) is 26.3 Å². The lowest BCUT2D eigenvalue weighted by Crippen LogP contribution is -2.38. The monoisotopic (exact) mass is 270 g/mol. The van der Waals surface area contributed by atoms with Crippen molar-refractivity contribution in [3.8, 4) is 0 Å². The van der Waals surface area contributed by atoms with E-state index in [1.807, 2.05) is 24.3 Å². The summed E-state index contributed by atoms with van der Waals surface area (Å²) >= 11 is 0. The molecule has 3 rings (SSSR count). The molecule has 2 nitrogen and oxygen atoms in total. The van der Waals surface area contributed by atoms with E-state index >= 15 is 0 Å². The van der Waals surface area contributed by atoms with Crippen molar-refractivity contribution >= 4 is 12.0 Å². The van der Waals surface area contributed by atoms with E-state index < -0.39 is 0 Å². The van der Waals surface area contributed by atoms with Gasteiger partial charge in [0.2, 0.25) is 0 Å². The second-order valence-electron chi connectivity index (χ2n) is 6.54. The highest BCUT2D eigenvalue weighted by molar-refractivity contribution is 5.90. The fraction of sp³-hybridized carbons (Fsp3) is 0.500. The Morgan fingerprint density at radius 3 is 2.55 bits per heavy atom. The number of carbonyl (C=O) groups is 1. The first-order valence-corrected chi connectivity index (χ1v) is 7.49. The molecule has 1 aromatic rings. The van der Waals surface area contributed by atoms with Crippen LogP contribution in [0.1, 0.15) is 49.0 Å². The summed E-state index contributed by atoms with van der Waals surface area (Å²) in [6.07, 6.45) is 5.29. The predicted octanol–water partition coefficient (Wildman–Crippen LogP) is 4.31. The minimum absolute atomic E-state index is 0.192. The van der Waals surface area contributed by atoms with Crippen LogP contribution in [0.25, 0.3) is 6.08 Å². The third-order valence-corrected chi connectivity index (χ3v) is 5.39. The highest BCUT2D eigenvalue weighted by atomic mass is 16.6. The Kier molecular flexibility index (Phi) is 3.19. The van der Waals surface area contributed by atoms with Crippen LogP contribution < -0.4 is 0 Å². The number of carbonyl (C=O) groups excluding carboxylic acids is 1. The number of benzene rings is 1. The van der Waals surface area contributed by atoms with Crippen molar-refractivity contribution in [2.45, 2.75) is 38.7 Å². The van der Waals surface area contributed by atoms with Crippen LogP contribution in [-0.4, -0.2) is 11.6 Å². The summed E-state index contributed by atoms with van der Waals surface area (Å²) in [4.78, 5) is 12.3. The normalized spacial score (nSPS) is 35.0. The van der Waals surface area contributed by atoms with Crippen LogP contribution in [0.4, 0.5) is 0 Å². The summed E-state index contributed by atoms with van der Waals surface area (Å²) in [7, 11) is 0. The molecule has 2 fully saturated rings. The van der Waals surface area contributed by atoms with Crippen molar-refractivity contribution in [3.05, 3.63) is 42.0 Å². The van der Waals surface area contributed by atoms with Crippen molar-refractivity contribution in [1.82, 2.24) is 0 Å². The third-order valence-electron chi connectivity index (χ3n) is 5.39. The number of esters is 1. The van der Waals surface area contributed by atoms with Crippen LogP contribution in [0.3, 0.4) is 0 Å². The van der Waals surface area contributed by atoms with Gasteiger partial charge in [0.25, 0.3) is 0 Å². The Labute approximate surface area is 120 Å². The molecule has 0 radical (unpaired) electrons. The van der Waals surface area contributed by atoms with Crippen LogP contribution in [0.15, 0.2) is 30.8 Å². The average molecular weight is 270 g/mol. The van der Waals surface area contributed by atoms with E-state index in [-0.39, 0.29) is 11.6 Å². The van der Waals surface area contributed by atoms with E-state index in [2.05, 4.69) is 20.4 Å². The van der Waals surface area contributed by atoms with Gasteiger partial charge in [-0.1, -0.05) is 31.7 Å². The number of ether oxygens (including phenoxy) is 1. The molecule has 0 aliphatic heterocycles. The van der Waals surface area contributed by atoms with Gasteiger partial charge in [-0.05, 0) is 55.7 Å². The quantitative estimate of drug-likeness (QED) is 0.765. The van der Waals surface area contributed by atoms with Crippen LogP contribution in [-0.2, 0) is 4.74 Å². The van der Waals surface area contributed by atoms with Gasteiger partial charge in [-0.15, -0.1) is 0 Å². The molecule has 4 atom stereocenters. The second kappa shape index (κ2) is 4.76. The molecule has 0 amide bonds. The fourth-order valence-electron chi connectivity index (χ4n) is 4.21. The van der Waals surface area contributed by atoms with Crippen molar-refractivity contribution < 1.29 is 9.53 Å². The van der Waals surface area contributed by atoms with Crippen molar-refractivity contribution in [2.24, 2.45) is 17.8 Å². The maximum absolute atomic E-state index is 12.3. The highest BCUT2D eigenvalue weighted by Crippen LogP contribution is 2.56. The molecular formula is C18H22O2. The molecule has 2 heteroatoms. The van der Waals surface area contributed by atoms with Crippen LogP contribution in [0.2, 0.25) is 0 Å². The first kappa shape index (κ1) is 13.4. The number of fused-ring (bicyclic) bond motifs is 2. The lowest BCUT2D eigenvalue weighted by atomic mass is 9.85. The van der Waals surface area contributed by atoms with Gasteiger partial charge in [-0.25, -0.2) is 4.79 Å². The summed E-state index contributed by atoms with van der Waals surface area (Å²) in [6.45, 7) is 8.14. The standard InChI is InChI=1S/C18H22O2/c1-4-13-5-7-14(8-6-13)17(19)20-18(3)11-15-9-10-16(18)12(15)2/h4-8,12,15-16H,1,9-11H2,2-3H3/t12-,15?,16?,18?/m1/s1. The van der Waals surface area contributed by atoms with Crippen LogP contribution in [0, 0.1) is 17.8 Å². The largest absolute Gasteiger partial charge is 0.455 e. The summed E-state index contributed by atoms with van der Waals surface area (Å²) in [5.74, 6) is 1.77. The molecule has 2 aliphatic carbocycles. The Hall–Kier alpha value is -1.57. The molecule has 106 valence electrons. The smallest absolute Gasteiger partial charge is 0.338 e. The van der Waals surface area contributed by atoms with E-state index in [0.29, 0.717) is 17.4 Å². The van der Waals surface area contributed by atoms with Gasteiger partial charge in [-0.2, -0.15) is 0 Å². The Bertz CT molecular complexity index is 531. The molecule has 20 heavy (non-hydrogen) atoms. The molecule has 0 N–H and O–H groups in total. The molecule has 2 bridgehead atoms. The molecule has 3 unspecified atom stereocenters. The van der Waals surface area contributed by atoms with Gasteiger partial charge < -0.3 is 4.74 Å². The number of rotatable bonds is 3. The van der Waals surface area contributed by atoms with Gasteiger partial charge >= 0.3 is 5.97 Å². The molecule has 0 aromatic heterocycles. The van der Waals surface area contributed by atoms with Crippen LogP contribution >= 0.6 is 0 Å². The van der Waals surface area contributed by atoms with E-state index in [9.17, 15) is 4.79 Å². The zero-order valence-corrected chi connectivity index (χ0v) is 12.3. The molecule has 2 aliphatic rings. The Balaban J connectivity index is 1.74. The maximum Gasteiger partial charge on any atom is 0.338 e. The van der Waals surface area contributed by atoms with E-state index in [0.717, 1.165) is 17.9 Å². The Morgan fingerprint density at radius 1 is 1.35 bits per heavy atom. The van der Waals surface area contributed by atoms with Gasteiger partial charge in [-0.3, -0.25) is 0 Å². The zero-order chi connectivity index (χ0) is 14.3. The van der Waals surface area contributed by atoms with E-state index in [1.165, 1.54) is 12.8 Å². The highest BCUT2D eigenvalue weighted by Gasteiger charge is 2.55. The van der Waals surface area contributed by atoms with Crippen molar-refractivity contribution in [3.63, 3.8) is 0 Å². The predicted molar refractivity (Wildman–Crippen MR) is 80.3 cm³/mol. The minimum atomic E-state index is -0.267. The number of hydrogen-bond donors (Lipinski definition) is 0. The van der Waals surface area contributed by atoms with Crippen molar-refractivity contribution in [2.75, 3.05) is 0 Å². The molecule has 0 heterocycles. The summed E-state index contributed by atoms with van der Waals surface area (Å²) in [5, 5.41) is 0. The van der Waals surface area contributed by atoms with E-state index in [4.69, 9.17) is 4.74 Å². The molecule has 0 spiro atoms. The molecule has 1 aromatic carbocycles. The van der Waals surface area contributed by atoms with Gasteiger partial charge in [0.1, 0.15) is 5.60 Å². The maximum atomic E-state index is 12.3. The fourth-order valence-corrected chi connectivity index (χ4v) is 4.21. The van der Waals surface area contributed by atoms with Gasteiger partial charge in [0, 0.05) is 5.92 Å². The average Bonchev–Trinajstić information content (AvgIpc) is 2.91. The van der Waals surface area contributed by atoms with Gasteiger partial charge in [0.05, 0.1) is 5.56 Å².